The Bertz CT molecular complexity index is 1060. The average molecular weight is 410 g/mol. The van der Waals surface area contributed by atoms with E-state index in [0.29, 0.717) is 29.1 Å². The summed E-state index contributed by atoms with van der Waals surface area (Å²) in [6, 6.07) is 15.5. The molecule has 1 amide bonds. The minimum atomic E-state index is -3.40. The van der Waals surface area contributed by atoms with Crippen LogP contribution < -0.4 is 0 Å². The van der Waals surface area contributed by atoms with Crippen LogP contribution in [0.15, 0.2) is 72.1 Å². The molecule has 7 nitrogen and oxygen atoms in total. The van der Waals surface area contributed by atoms with E-state index in [2.05, 4.69) is 10.1 Å². The van der Waals surface area contributed by atoms with E-state index in [1.54, 1.807) is 60.9 Å². The molecule has 2 heterocycles. The second kappa shape index (κ2) is 8.16. The van der Waals surface area contributed by atoms with Crippen LogP contribution in [0.3, 0.4) is 0 Å². The van der Waals surface area contributed by atoms with Gasteiger partial charge in [-0.25, -0.2) is 18.1 Å². The normalized spacial score (nSPS) is 15.4. The van der Waals surface area contributed by atoms with Gasteiger partial charge in [-0.2, -0.15) is 5.10 Å². The lowest BCUT2D eigenvalue weighted by molar-refractivity contribution is 0.0690. The maximum Gasteiger partial charge on any atom is 0.253 e. The highest BCUT2D eigenvalue weighted by Crippen LogP contribution is 2.23. The molecule has 1 fully saturated rings. The summed E-state index contributed by atoms with van der Waals surface area (Å²) in [7, 11) is -3.40. The van der Waals surface area contributed by atoms with Gasteiger partial charge in [-0.1, -0.05) is 30.3 Å². The number of amides is 1. The van der Waals surface area contributed by atoms with Crippen molar-refractivity contribution in [2.75, 3.05) is 13.1 Å². The predicted octanol–water partition coefficient (Wildman–Crippen LogP) is 2.73. The van der Waals surface area contributed by atoms with Crippen molar-refractivity contribution in [2.45, 2.75) is 29.5 Å². The monoisotopic (exact) mass is 410 g/mol. The number of aromatic nitrogens is 3. The van der Waals surface area contributed by atoms with E-state index < -0.39 is 9.84 Å². The Balaban J connectivity index is 1.38. The molecule has 0 N–H and O–H groups in total. The van der Waals surface area contributed by atoms with Crippen LogP contribution >= 0.6 is 0 Å². The zero-order valence-electron chi connectivity index (χ0n) is 15.9. The molecule has 0 atom stereocenters. The molecule has 8 heteroatoms. The number of benzene rings is 2. The second-order valence-corrected chi connectivity index (χ2v) is 9.16. The van der Waals surface area contributed by atoms with E-state index >= 15 is 0 Å². The molecule has 0 unspecified atom stereocenters. The molecule has 29 heavy (non-hydrogen) atoms. The lowest BCUT2D eigenvalue weighted by Crippen LogP contribution is -2.39. The maximum absolute atomic E-state index is 12.8. The van der Waals surface area contributed by atoms with Gasteiger partial charge >= 0.3 is 0 Å². The van der Waals surface area contributed by atoms with Crippen LogP contribution in [0, 0.1) is 0 Å². The Hall–Kier alpha value is -3.00. The molecule has 0 aliphatic carbocycles. The lowest BCUT2D eigenvalue weighted by Gasteiger charge is -2.32. The average Bonchev–Trinajstić information content (AvgIpc) is 3.29. The van der Waals surface area contributed by atoms with E-state index in [9.17, 15) is 13.2 Å². The standard InChI is InChI=1S/C21H22N4O3S/c26-21(24-12-10-19(11-13-24)25-16-22-15-23-25)18-8-6-17(7-9-18)14-29(27,28)20-4-2-1-3-5-20/h1-9,15-16,19H,10-14H2. The molecule has 0 radical (unpaired) electrons. The highest BCUT2D eigenvalue weighted by Gasteiger charge is 2.25. The minimum absolute atomic E-state index is 0.0282. The summed E-state index contributed by atoms with van der Waals surface area (Å²) < 4.78 is 26.9. The maximum atomic E-state index is 12.8. The van der Waals surface area contributed by atoms with Gasteiger partial charge in [-0.05, 0) is 42.7 Å². The molecule has 0 saturated carbocycles. The first-order chi connectivity index (χ1) is 14.0. The van der Waals surface area contributed by atoms with Gasteiger partial charge in [0.05, 0.1) is 16.7 Å². The Morgan fingerprint density at radius 3 is 2.31 bits per heavy atom. The molecular weight excluding hydrogens is 388 g/mol. The topological polar surface area (TPSA) is 85.2 Å². The molecule has 2 aromatic carbocycles. The lowest BCUT2D eigenvalue weighted by atomic mass is 10.0. The van der Waals surface area contributed by atoms with Crippen LogP contribution in [-0.2, 0) is 15.6 Å². The highest BCUT2D eigenvalue weighted by atomic mass is 32.2. The van der Waals surface area contributed by atoms with E-state index in [1.807, 2.05) is 9.58 Å². The number of carbonyl (C=O) groups excluding carboxylic acids is 1. The van der Waals surface area contributed by atoms with Gasteiger partial charge in [-0.15, -0.1) is 0 Å². The van der Waals surface area contributed by atoms with Gasteiger partial charge in [0, 0.05) is 18.7 Å². The highest BCUT2D eigenvalue weighted by molar-refractivity contribution is 7.90. The number of nitrogens with zero attached hydrogens (tertiary/aromatic N) is 4. The molecule has 150 valence electrons. The van der Waals surface area contributed by atoms with Crippen LogP contribution in [-0.4, -0.2) is 47.1 Å². The van der Waals surface area contributed by atoms with Gasteiger partial charge in [0.1, 0.15) is 12.7 Å². The summed E-state index contributed by atoms with van der Waals surface area (Å²) >= 11 is 0. The van der Waals surface area contributed by atoms with Gasteiger partial charge < -0.3 is 4.90 Å². The summed E-state index contributed by atoms with van der Waals surface area (Å²) in [5.41, 5.74) is 1.24. The van der Waals surface area contributed by atoms with Crippen LogP contribution in [0.1, 0.15) is 34.8 Å². The van der Waals surface area contributed by atoms with Crippen LogP contribution in [0.5, 0.6) is 0 Å². The van der Waals surface area contributed by atoms with Crippen molar-refractivity contribution in [1.82, 2.24) is 19.7 Å². The number of sulfone groups is 1. The molecule has 1 aliphatic heterocycles. The number of hydrogen-bond donors (Lipinski definition) is 0. The quantitative estimate of drug-likeness (QED) is 0.646. The van der Waals surface area contributed by atoms with Crippen LogP contribution in [0.4, 0.5) is 0 Å². The molecular formula is C21H22N4O3S. The van der Waals surface area contributed by atoms with Gasteiger partial charge in [-0.3, -0.25) is 4.79 Å². The molecule has 4 rings (SSSR count). The van der Waals surface area contributed by atoms with Crippen molar-refractivity contribution >= 4 is 15.7 Å². The summed E-state index contributed by atoms with van der Waals surface area (Å²) in [6.45, 7) is 1.32. The minimum Gasteiger partial charge on any atom is -0.338 e. The number of carbonyl (C=O) groups is 1. The first-order valence-corrected chi connectivity index (χ1v) is 11.2. The number of likely N-dealkylation sites (tertiary alicyclic amines) is 1. The number of hydrogen-bond acceptors (Lipinski definition) is 5. The Morgan fingerprint density at radius 1 is 1.00 bits per heavy atom. The zero-order chi connectivity index (χ0) is 20.3. The molecule has 1 aromatic heterocycles. The largest absolute Gasteiger partial charge is 0.338 e. The fourth-order valence-electron chi connectivity index (χ4n) is 3.60. The van der Waals surface area contributed by atoms with E-state index in [4.69, 9.17) is 0 Å². The Kier molecular flexibility index (Phi) is 5.44. The second-order valence-electron chi connectivity index (χ2n) is 7.17. The van der Waals surface area contributed by atoms with Crippen molar-refractivity contribution in [3.05, 3.63) is 78.4 Å². The van der Waals surface area contributed by atoms with E-state index in [-0.39, 0.29) is 17.7 Å². The smallest absolute Gasteiger partial charge is 0.253 e. The fraction of sp³-hybridized carbons (Fsp3) is 0.286. The van der Waals surface area contributed by atoms with Gasteiger partial charge in [0.2, 0.25) is 0 Å². The summed E-state index contributed by atoms with van der Waals surface area (Å²) in [5, 5.41) is 4.18. The zero-order valence-corrected chi connectivity index (χ0v) is 16.7. The first-order valence-electron chi connectivity index (χ1n) is 9.53. The van der Waals surface area contributed by atoms with Crippen LogP contribution in [0.2, 0.25) is 0 Å². The van der Waals surface area contributed by atoms with Crippen molar-refractivity contribution in [1.29, 1.82) is 0 Å². The van der Waals surface area contributed by atoms with E-state index in [1.165, 1.54) is 6.33 Å². The molecule has 0 bridgehead atoms. The van der Waals surface area contributed by atoms with E-state index in [0.717, 1.165) is 12.8 Å². The van der Waals surface area contributed by atoms with Crippen molar-refractivity contribution in [3.8, 4) is 0 Å². The number of piperidine rings is 1. The summed E-state index contributed by atoms with van der Waals surface area (Å²) in [5.74, 6) is -0.117. The molecule has 1 aliphatic rings. The van der Waals surface area contributed by atoms with Crippen LogP contribution in [0.25, 0.3) is 0 Å². The third-order valence-corrected chi connectivity index (χ3v) is 6.93. The third-order valence-electron chi connectivity index (χ3n) is 5.22. The number of rotatable bonds is 5. The Labute approximate surface area is 169 Å². The molecule has 0 spiro atoms. The SMILES string of the molecule is O=C(c1ccc(CS(=O)(=O)c2ccccc2)cc1)N1CCC(n2cncn2)CC1. The van der Waals surface area contributed by atoms with Crippen molar-refractivity contribution < 1.29 is 13.2 Å². The third kappa shape index (κ3) is 4.37. The first kappa shape index (κ1) is 19.3. The summed E-state index contributed by atoms with van der Waals surface area (Å²) in [6.07, 6.45) is 4.91. The molecule has 1 saturated heterocycles. The van der Waals surface area contributed by atoms with Crippen molar-refractivity contribution in [3.63, 3.8) is 0 Å². The molecule has 3 aromatic rings. The van der Waals surface area contributed by atoms with Gasteiger partial charge in [0.15, 0.2) is 9.84 Å². The summed E-state index contributed by atoms with van der Waals surface area (Å²) in [4.78, 5) is 18.9. The van der Waals surface area contributed by atoms with Crippen molar-refractivity contribution in [2.24, 2.45) is 0 Å². The fourth-order valence-corrected chi connectivity index (χ4v) is 4.97. The predicted molar refractivity (Wildman–Crippen MR) is 108 cm³/mol. The Morgan fingerprint density at radius 2 is 1.69 bits per heavy atom. The van der Waals surface area contributed by atoms with Gasteiger partial charge in [0.25, 0.3) is 5.91 Å².